The lowest BCUT2D eigenvalue weighted by Gasteiger charge is -2.34. The molecule has 2 rings (SSSR count). The van der Waals surface area contributed by atoms with Gasteiger partial charge in [0.1, 0.15) is 5.75 Å². The summed E-state index contributed by atoms with van der Waals surface area (Å²) in [6.45, 7) is 10.6. The minimum atomic E-state index is 0. The van der Waals surface area contributed by atoms with Crippen LogP contribution in [0, 0.1) is 5.92 Å². The Hall–Kier alpha value is -1.02. The summed E-state index contributed by atoms with van der Waals surface area (Å²) in [5, 5.41) is 3.49. The van der Waals surface area contributed by atoms with Crippen molar-refractivity contribution in [3.63, 3.8) is 0 Å². The van der Waals surface area contributed by atoms with Gasteiger partial charge >= 0.3 is 0 Å². The Kier molecular flexibility index (Phi) is 11.0. The summed E-state index contributed by atoms with van der Waals surface area (Å²) in [4.78, 5) is 6.76. The highest BCUT2D eigenvalue weighted by atomic mass is 127. The third-order valence-corrected chi connectivity index (χ3v) is 4.34. The number of para-hydroxylation sites is 1. The van der Waals surface area contributed by atoms with Crippen LogP contribution in [0.15, 0.2) is 29.3 Å². The molecule has 0 atom stereocenters. The van der Waals surface area contributed by atoms with E-state index in [0.717, 1.165) is 56.4 Å². The third-order valence-electron chi connectivity index (χ3n) is 4.34. The van der Waals surface area contributed by atoms with E-state index in [-0.39, 0.29) is 24.0 Å². The smallest absolute Gasteiger partial charge is 0.193 e. The number of nitrogens with one attached hydrogen (secondary N) is 1. The fraction of sp³-hybridized carbons (Fsp3) is 0.650. The van der Waals surface area contributed by atoms with E-state index in [2.05, 4.69) is 48.1 Å². The molecule has 1 N–H and O–H groups in total. The molecule has 0 spiro atoms. The van der Waals surface area contributed by atoms with Gasteiger partial charge in [0.25, 0.3) is 0 Å². The van der Waals surface area contributed by atoms with Crippen molar-refractivity contribution in [3.8, 4) is 5.75 Å². The first-order chi connectivity index (χ1) is 12.1. The number of halogens is 1. The molecule has 26 heavy (non-hydrogen) atoms. The number of likely N-dealkylation sites (tertiary alicyclic amines) is 1. The number of nitrogens with zero attached hydrogens (tertiary/aromatic N) is 2. The van der Waals surface area contributed by atoms with Crippen molar-refractivity contribution in [1.82, 2.24) is 10.2 Å². The van der Waals surface area contributed by atoms with Gasteiger partial charge in [0.05, 0.1) is 12.7 Å². The zero-order valence-corrected chi connectivity index (χ0v) is 18.9. The number of piperidine rings is 1. The lowest BCUT2D eigenvalue weighted by atomic mass is 10.1. The zero-order valence-electron chi connectivity index (χ0n) is 16.5. The van der Waals surface area contributed by atoms with Crippen LogP contribution in [0.4, 0.5) is 0 Å². The highest BCUT2D eigenvalue weighted by Crippen LogP contribution is 2.19. The van der Waals surface area contributed by atoms with Crippen LogP contribution >= 0.6 is 24.0 Å². The van der Waals surface area contributed by atoms with Crippen LogP contribution in [0.25, 0.3) is 0 Å². The number of rotatable bonds is 7. The maximum Gasteiger partial charge on any atom is 0.193 e. The standard InChI is InChI=1S/C20H33N3O2.HI/c1-5-24-18-10-12-23(13-11-18)20(21-4)22-14-17-8-6-7-9-19(17)25-15-16(2)3;/h6-9,16,18H,5,10-15H2,1-4H3,(H,21,22);1H. The Morgan fingerprint density at radius 1 is 1.27 bits per heavy atom. The minimum Gasteiger partial charge on any atom is -0.493 e. The topological polar surface area (TPSA) is 46.1 Å². The summed E-state index contributed by atoms with van der Waals surface area (Å²) >= 11 is 0. The van der Waals surface area contributed by atoms with Gasteiger partial charge in [0, 0.05) is 38.9 Å². The van der Waals surface area contributed by atoms with Crippen molar-refractivity contribution in [1.29, 1.82) is 0 Å². The van der Waals surface area contributed by atoms with E-state index >= 15 is 0 Å². The van der Waals surface area contributed by atoms with Gasteiger partial charge < -0.3 is 19.7 Å². The maximum atomic E-state index is 5.94. The molecule has 0 saturated carbocycles. The van der Waals surface area contributed by atoms with Crippen LogP contribution in [0.1, 0.15) is 39.2 Å². The summed E-state index contributed by atoms with van der Waals surface area (Å²) in [6, 6.07) is 8.22. The average Bonchev–Trinajstić information content (AvgIpc) is 2.62. The molecule has 1 aromatic rings. The minimum absolute atomic E-state index is 0. The lowest BCUT2D eigenvalue weighted by molar-refractivity contribution is 0.0263. The van der Waals surface area contributed by atoms with Crippen LogP contribution in [0.3, 0.4) is 0 Å². The number of guanidine groups is 1. The van der Waals surface area contributed by atoms with Crippen LogP contribution in [-0.4, -0.2) is 50.3 Å². The average molecular weight is 475 g/mol. The monoisotopic (exact) mass is 475 g/mol. The van der Waals surface area contributed by atoms with E-state index in [1.165, 1.54) is 0 Å². The molecule has 0 aliphatic carbocycles. The van der Waals surface area contributed by atoms with Gasteiger partial charge in [-0.2, -0.15) is 0 Å². The predicted molar refractivity (Wildman–Crippen MR) is 119 cm³/mol. The van der Waals surface area contributed by atoms with Gasteiger partial charge in [-0.3, -0.25) is 4.99 Å². The Bertz CT molecular complexity index is 544. The summed E-state index contributed by atoms with van der Waals surface area (Å²) < 4.78 is 11.7. The second-order valence-corrected chi connectivity index (χ2v) is 6.86. The zero-order chi connectivity index (χ0) is 18.1. The van der Waals surface area contributed by atoms with Crippen molar-refractivity contribution in [2.45, 2.75) is 46.3 Å². The first-order valence-electron chi connectivity index (χ1n) is 9.42. The molecule has 1 aromatic carbocycles. The quantitative estimate of drug-likeness (QED) is 0.369. The number of aliphatic imine (C=N–C) groups is 1. The van der Waals surface area contributed by atoms with Gasteiger partial charge in [0.15, 0.2) is 5.96 Å². The molecular weight excluding hydrogens is 441 g/mol. The van der Waals surface area contributed by atoms with Crippen LogP contribution < -0.4 is 10.1 Å². The normalized spacial score (nSPS) is 15.7. The SMILES string of the molecule is CCOC1CCN(C(=NC)NCc2ccccc2OCC(C)C)CC1.I. The maximum absolute atomic E-state index is 5.94. The van der Waals surface area contributed by atoms with E-state index in [1.807, 2.05) is 19.2 Å². The van der Waals surface area contributed by atoms with Gasteiger partial charge in [-0.05, 0) is 31.7 Å². The second-order valence-electron chi connectivity index (χ2n) is 6.86. The van der Waals surface area contributed by atoms with Crippen molar-refractivity contribution >= 4 is 29.9 Å². The summed E-state index contributed by atoms with van der Waals surface area (Å²) in [5.74, 6) is 2.42. The van der Waals surface area contributed by atoms with E-state index in [9.17, 15) is 0 Å². The molecule has 5 nitrogen and oxygen atoms in total. The molecule has 1 aliphatic heterocycles. The van der Waals surface area contributed by atoms with E-state index in [0.29, 0.717) is 18.6 Å². The highest BCUT2D eigenvalue weighted by molar-refractivity contribution is 14.0. The third kappa shape index (κ3) is 7.31. The van der Waals surface area contributed by atoms with E-state index < -0.39 is 0 Å². The summed E-state index contributed by atoms with van der Waals surface area (Å²) in [6.07, 6.45) is 2.51. The molecule has 1 aliphatic rings. The van der Waals surface area contributed by atoms with Gasteiger partial charge in [0.2, 0.25) is 0 Å². The van der Waals surface area contributed by atoms with Crippen molar-refractivity contribution in [2.75, 3.05) is 33.4 Å². The summed E-state index contributed by atoms with van der Waals surface area (Å²) in [7, 11) is 1.85. The predicted octanol–water partition coefficient (Wildman–Crippen LogP) is 3.92. The molecule has 0 unspecified atom stereocenters. The molecule has 6 heteroatoms. The van der Waals surface area contributed by atoms with Crippen molar-refractivity contribution < 1.29 is 9.47 Å². The first-order valence-corrected chi connectivity index (χ1v) is 9.42. The van der Waals surface area contributed by atoms with Gasteiger partial charge in [-0.1, -0.05) is 32.0 Å². The van der Waals surface area contributed by atoms with Crippen molar-refractivity contribution in [3.05, 3.63) is 29.8 Å². The molecule has 148 valence electrons. The lowest BCUT2D eigenvalue weighted by Crippen LogP contribution is -2.46. The molecule has 0 radical (unpaired) electrons. The molecule has 1 fully saturated rings. The Morgan fingerprint density at radius 2 is 1.96 bits per heavy atom. The van der Waals surface area contributed by atoms with Crippen LogP contribution in [0.5, 0.6) is 5.75 Å². The number of benzene rings is 1. The fourth-order valence-electron chi connectivity index (χ4n) is 3.02. The molecule has 0 bridgehead atoms. The Labute approximate surface area is 175 Å². The van der Waals surface area contributed by atoms with Crippen molar-refractivity contribution in [2.24, 2.45) is 10.9 Å². The number of hydrogen-bond donors (Lipinski definition) is 1. The molecule has 0 aromatic heterocycles. The van der Waals surface area contributed by atoms with Gasteiger partial charge in [-0.25, -0.2) is 0 Å². The number of ether oxygens (including phenoxy) is 2. The fourth-order valence-corrected chi connectivity index (χ4v) is 3.02. The molecule has 1 saturated heterocycles. The van der Waals surface area contributed by atoms with Crippen LogP contribution in [-0.2, 0) is 11.3 Å². The highest BCUT2D eigenvalue weighted by Gasteiger charge is 2.21. The molecule has 1 heterocycles. The summed E-state index contributed by atoms with van der Waals surface area (Å²) in [5.41, 5.74) is 1.16. The molecular formula is C20H34IN3O2. The Morgan fingerprint density at radius 3 is 2.58 bits per heavy atom. The van der Waals surface area contributed by atoms with E-state index in [1.54, 1.807) is 0 Å². The number of hydrogen-bond acceptors (Lipinski definition) is 3. The molecule has 0 amide bonds. The largest absolute Gasteiger partial charge is 0.493 e. The Balaban J connectivity index is 0.00000338. The first kappa shape index (κ1) is 23.0. The van der Waals surface area contributed by atoms with Crippen LogP contribution in [0.2, 0.25) is 0 Å². The van der Waals surface area contributed by atoms with E-state index in [4.69, 9.17) is 9.47 Å². The van der Waals surface area contributed by atoms with Gasteiger partial charge in [-0.15, -0.1) is 24.0 Å². The second kappa shape index (κ2) is 12.4.